The molecule has 0 spiro atoms. The molecule has 0 saturated carbocycles. The van der Waals surface area contributed by atoms with E-state index in [0.717, 1.165) is 16.0 Å². The van der Waals surface area contributed by atoms with Gasteiger partial charge < -0.3 is 19.7 Å². The molecule has 0 fully saturated rings. The molecule has 160 valence electrons. The van der Waals surface area contributed by atoms with Crippen molar-refractivity contribution in [2.24, 2.45) is 0 Å². The molecule has 1 aromatic heterocycles. The number of fused-ring (bicyclic) bond motifs is 1. The molecule has 0 unspecified atom stereocenters. The highest BCUT2D eigenvalue weighted by molar-refractivity contribution is 7.17. The molecule has 0 atom stereocenters. The summed E-state index contributed by atoms with van der Waals surface area (Å²) >= 11 is 1.32. The van der Waals surface area contributed by atoms with Crippen LogP contribution in [0.1, 0.15) is 46.6 Å². The molecule has 2 aromatic rings. The Morgan fingerprint density at radius 3 is 2.53 bits per heavy atom. The molecular weight excluding hydrogens is 404 g/mol. The molecule has 0 saturated heterocycles. The number of thiophene rings is 1. The molecule has 2 amide bonds. The molecule has 30 heavy (non-hydrogen) atoms. The van der Waals surface area contributed by atoms with Crippen LogP contribution < -0.4 is 5.32 Å². The highest BCUT2D eigenvalue weighted by Gasteiger charge is 2.31. The molecule has 1 aliphatic heterocycles. The smallest absolute Gasteiger partial charge is 0.410 e. The number of aryl methyl sites for hydroxylation is 1. The van der Waals surface area contributed by atoms with Gasteiger partial charge in [-0.15, -0.1) is 11.3 Å². The lowest BCUT2D eigenvalue weighted by Crippen LogP contribution is -2.36. The van der Waals surface area contributed by atoms with Gasteiger partial charge in [0, 0.05) is 17.8 Å². The Morgan fingerprint density at radius 2 is 1.83 bits per heavy atom. The number of carbonyl (C=O) groups is 3. The van der Waals surface area contributed by atoms with Gasteiger partial charge in [0.15, 0.2) is 0 Å². The lowest BCUT2D eigenvalue weighted by molar-refractivity contribution is -0.116. The summed E-state index contributed by atoms with van der Waals surface area (Å²) in [6, 6.07) is 9.77. The number of esters is 1. The van der Waals surface area contributed by atoms with Gasteiger partial charge in [-0.3, -0.25) is 4.79 Å². The largest absolute Gasteiger partial charge is 0.462 e. The predicted molar refractivity (Wildman–Crippen MR) is 115 cm³/mol. The molecule has 7 nitrogen and oxygen atoms in total. The maximum absolute atomic E-state index is 12.6. The van der Waals surface area contributed by atoms with Crippen molar-refractivity contribution in [2.75, 3.05) is 25.1 Å². The zero-order valence-corrected chi connectivity index (χ0v) is 18.0. The molecule has 3 rings (SSSR count). The fraction of sp³-hybridized carbons (Fsp3) is 0.409. The minimum absolute atomic E-state index is 0.162. The Kier molecular flexibility index (Phi) is 7.46. The molecular formula is C22H26N2O5S. The van der Waals surface area contributed by atoms with Crippen LogP contribution in [-0.2, 0) is 33.7 Å². The van der Waals surface area contributed by atoms with E-state index >= 15 is 0 Å². The Labute approximate surface area is 180 Å². The van der Waals surface area contributed by atoms with Crippen LogP contribution in [0.25, 0.3) is 0 Å². The maximum Gasteiger partial charge on any atom is 0.410 e. The Balaban J connectivity index is 1.77. The standard InChI is InChI=1S/C22H26N2O5S/c1-3-28-21(26)19-16-12-13-24(22(27)29-4-2)14-17(16)30-20(19)23-18(25)11-10-15-8-6-5-7-9-15/h5-9H,3-4,10-14H2,1-2H3,(H,23,25). The molecule has 0 aliphatic carbocycles. The van der Waals surface area contributed by atoms with Gasteiger partial charge in [-0.1, -0.05) is 30.3 Å². The van der Waals surface area contributed by atoms with Crippen molar-refractivity contribution in [3.63, 3.8) is 0 Å². The van der Waals surface area contributed by atoms with Crippen LogP contribution >= 0.6 is 11.3 Å². The van der Waals surface area contributed by atoms with Crippen molar-refractivity contribution in [1.82, 2.24) is 4.90 Å². The number of nitrogens with one attached hydrogen (secondary N) is 1. The van der Waals surface area contributed by atoms with Crippen LogP contribution in [0.2, 0.25) is 0 Å². The molecule has 1 aromatic carbocycles. The van der Waals surface area contributed by atoms with Crippen LogP contribution in [-0.4, -0.2) is 42.6 Å². The van der Waals surface area contributed by atoms with Crippen molar-refractivity contribution in [3.05, 3.63) is 51.9 Å². The molecule has 0 bridgehead atoms. The van der Waals surface area contributed by atoms with Crippen molar-refractivity contribution < 1.29 is 23.9 Å². The normalized spacial score (nSPS) is 12.8. The first-order chi connectivity index (χ1) is 14.5. The van der Waals surface area contributed by atoms with Gasteiger partial charge in [-0.25, -0.2) is 9.59 Å². The monoisotopic (exact) mass is 430 g/mol. The van der Waals surface area contributed by atoms with E-state index in [1.54, 1.807) is 18.7 Å². The number of anilines is 1. The third-order valence-corrected chi connectivity index (χ3v) is 5.93. The molecule has 0 radical (unpaired) electrons. The summed E-state index contributed by atoms with van der Waals surface area (Å²) in [5.41, 5.74) is 2.33. The van der Waals surface area contributed by atoms with Gasteiger partial charge >= 0.3 is 12.1 Å². The number of nitrogens with zero attached hydrogens (tertiary/aromatic N) is 1. The molecule has 2 heterocycles. The van der Waals surface area contributed by atoms with Crippen LogP contribution in [0.3, 0.4) is 0 Å². The number of ether oxygens (including phenoxy) is 2. The Bertz CT molecular complexity index is 910. The van der Waals surface area contributed by atoms with E-state index in [9.17, 15) is 14.4 Å². The first-order valence-electron chi connectivity index (χ1n) is 10.1. The summed E-state index contributed by atoms with van der Waals surface area (Å²) < 4.78 is 10.3. The third kappa shape index (κ3) is 5.18. The number of amides is 2. The lowest BCUT2D eigenvalue weighted by Gasteiger charge is -2.26. The van der Waals surface area contributed by atoms with E-state index in [2.05, 4.69) is 5.32 Å². The van der Waals surface area contributed by atoms with E-state index in [1.165, 1.54) is 11.3 Å². The van der Waals surface area contributed by atoms with Crippen molar-refractivity contribution >= 4 is 34.3 Å². The lowest BCUT2D eigenvalue weighted by atomic mass is 10.0. The summed E-state index contributed by atoms with van der Waals surface area (Å²) in [6.07, 6.45) is 1.06. The van der Waals surface area contributed by atoms with E-state index in [-0.39, 0.29) is 18.6 Å². The topological polar surface area (TPSA) is 84.9 Å². The highest BCUT2D eigenvalue weighted by atomic mass is 32.1. The average molecular weight is 431 g/mol. The second kappa shape index (κ2) is 10.2. The number of carbonyl (C=O) groups excluding carboxylic acids is 3. The van der Waals surface area contributed by atoms with Crippen molar-refractivity contribution in [1.29, 1.82) is 0 Å². The van der Waals surface area contributed by atoms with Crippen LogP contribution in [0, 0.1) is 0 Å². The fourth-order valence-corrected chi connectivity index (χ4v) is 4.64. The van der Waals surface area contributed by atoms with Gasteiger partial charge in [0.2, 0.25) is 5.91 Å². The summed E-state index contributed by atoms with van der Waals surface area (Å²) in [5.74, 6) is -0.608. The second-order valence-electron chi connectivity index (χ2n) is 6.83. The van der Waals surface area contributed by atoms with Crippen molar-refractivity contribution in [3.8, 4) is 0 Å². The van der Waals surface area contributed by atoms with Gasteiger partial charge in [-0.05, 0) is 37.8 Å². The maximum atomic E-state index is 12.6. The summed E-state index contributed by atoms with van der Waals surface area (Å²) in [7, 11) is 0. The zero-order chi connectivity index (χ0) is 21.5. The Hall–Kier alpha value is -2.87. The van der Waals surface area contributed by atoms with E-state index in [0.29, 0.717) is 49.5 Å². The predicted octanol–water partition coefficient (Wildman–Crippen LogP) is 4.01. The number of hydrogen-bond donors (Lipinski definition) is 1. The summed E-state index contributed by atoms with van der Waals surface area (Å²) in [4.78, 5) is 39.7. The van der Waals surface area contributed by atoms with Gasteiger partial charge in [0.25, 0.3) is 0 Å². The highest BCUT2D eigenvalue weighted by Crippen LogP contribution is 2.38. The van der Waals surface area contributed by atoms with Crippen LogP contribution in [0.4, 0.5) is 9.80 Å². The molecule has 1 aliphatic rings. The van der Waals surface area contributed by atoms with Crippen LogP contribution in [0.5, 0.6) is 0 Å². The molecule has 1 N–H and O–H groups in total. The van der Waals surface area contributed by atoms with E-state index in [4.69, 9.17) is 9.47 Å². The average Bonchev–Trinajstić information content (AvgIpc) is 3.10. The molecule has 8 heteroatoms. The Morgan fingerprint density at radius 1 is 1.10 bits per heavy atom. The van der Waals surface area contributed by atoms with Crippen LogP contribution in [0.15, 0.2) is 30.3 Å². The number of hydrogen-bond acceptors (Lipinski definition) is 6. The SMILES string of the molecule is CCOC(=O)c1c(NC(=O)CCc2ccccc2)sc2c1CCN(C(=O)OCC)C2. The van der Waals surface area contributed by atoms with Crippen molar-refractivity contribution in [2.45, 2.75) is 39.7 Å². The number of rotatable bonds is 7. The van der Waals surface area contributed by atoms with E-state index < -0.39 is 5.97 Å². The van der Waals surface area contributed by atoms with Gasteiger partial charge in [0.05, 0.1) is 25.3 Å². The first kappa shape index (κ1) is 21.8. The first-order valence-corrected chi connectivity index (χ1v) is 10.9. The summed E-state index contributed by atoms with van der Waals surface area (Å²) in [6.45, 7) is 4.88. The zero-order valence-electron chi connectivity index (χ0n) is 17.2. The second-order valence-corrected chi connectivity index (χ2v) is 7.94. The number of benzene rings is 1. The minimum Gasteiger partial charge on any atom is -0.462 e. The minimum atomic E-state index is -0.446. The quantitative estimate of drug-likeness (QED) is 0.671. The fourth-order valence-electron chi connectivity index (χ4n) is 3.37. The van der Waals surface area contributed by atoms with Gasteiger partial charge in [-0.2, -0.15) is 0 Å². The third-order valence-electron chi connectivity index (χ3n) is 4.80. The van der Waals surface area contributed by atoms with E-state index in [1.807, 2.05) is 30.3 Å². The van der Waals surface area contributed by atoms with Gasteiger partial charge in [0.1, 0.15) is 5.00 Å². The summed E-state index contributed by atoms with van der Waals surface area (Å²) in [5, 5.41) is 3.38.